The van der Waals surface area contributed by atoms with E-state index >= 15 is 0 Å². The number of nitrogens with zero attached hydrogens (tertiary/aromatic N) is 2. The molecular weight excluding hydrogens is 350 g/mol. The Labute approximate surface area is 168 Å². The highest BCUT2D eigenvalue weighted by atomic mass is 16.5. The largest absolute Gasteiger partial charge is 0.490 e. The van der Waals surface area contributed by atoms with Gasteiger partial charge in [0.2, 0.25) is 0 Å². The fraction of sp³-hybridized carbons (Fsp3) is 0.435. The molecule has 1 N–H and O–H groups in total. The first-order valence-corrected chi connectivity index (χ1v) is 10.1. The zero-order valence-corrected chi connectivity index (χ0v) is 17.1. The number of hydrogen-bond donors (Lipinski definition) is 1. The molecule has 2 aromatic carbocycles. The number of carbonyl (C=O) groups is 1. The standard InChI is InChI=1S/C23H31N3O2/c1-4-24-23(27)26-15-13-21(14-16-26)28-20-11-9-18(10-12-20)22-8-6-5-7-19(22)17-25(2)3/h5-12,21H,4,13-17H2,1-3H3,(H,24,27). The molecule has 3 rings (SSSR count). The van der Waals surface area contributed by atoms with Crippen LogP contribution < -0.4 is 10.1 Å². The van der Waals surface area contributed by atoms with E-state index in [-0.39, 0.29) is 12.1 Å². The topological polar surface area (TPSA) is 44.8 Å². The molecule has 0 aromatic heterocycles. The summed E-state index contributed by atoms with van der Waals surface area (Å²) in [5, 5.41) is 2.86. The van der Waals surface area contributed by atoms with Crippen molar-refractivity contribution in [2.24, 2.45) is 0 Å². The van der Waals surface area contributed by atoms with E-state index in [4.69, 9.17) is 4.74 Å². The van der Waals surface area contributed by atoms with Crippen molar-refractivity contribution < 1.29 is 9.53 Å². The van der Waals surface area contributed by atoms with Gasteiger partial charge >= 0.3 is 6.03 Å². The summed E-state index contributed by atoms with van der Waals surface area (Å²) in [6, 6.07) is 16.9. The highest BCUT2D eigenvalue weighted by Gasteiger charge is 2.23. The van der Waals surface area contributed by atoms with Crippen LogP contribution in [0.1, 0.15) is 25.3 Å². The number of benzene rings is 2. The molecule has 150 valence electrons. The van der Waals surface area contributed by atoms with Crippen molar-refractivity contribution in [2.75, 3.05) is 33.7 Å². The third-order valence-electron chi connectivity index (χ3n) is 5.03. The average Bonchev–Trinajstić information content (AvgIpc) is 2.69. The molecule has 1 aliphatic rings. The van der Waals surface area contributed by atoms with E-state index in [0.29, 0.717) is 6.54 Å². The van der Waals surface area contributed by atoms with E-state index in [1.54, 1.807) is 0 Å². The molecule has 0 bridgehead atoms. The molecule has 5 heteroatoms. The third kappa shape index (κ3) is 5.26. The van der Waals surface area contributed by atoms with Crippen LogP contribution in [0.3, 0.4) is 0 Å². The van der Waals surface area contributed by atoms with Gasteiger partial charge in [-0.1, -0.05) is 36.4 Å². The molecule has 0 saturated carbocycles. The Morgan fingerprint density at radius 3 is 2.43 bits per heavy atom. The maximum atomic E-state index is 11.9. The van der Waals surface area contributed by atoms with Gasteiger partial charge in [-0.25, -0.2) is 4.79 Å². The van der Waals surface area contributed by atoms with E-state index in [0.717, 1.165) is 38.2 Å². The lowest BCUT2D eigenvalue weighted by atomic mass is 9.99. The van der Waals surface area contributed by atoms with Gasteiger partial charge in [-0.05, 0) is 49.8 Å². The summed E-state index contributed by atoms with van der Waals surface area (Å²) in [7, 11) is 4.18. The summed E-state index contributed by atoms with van der Waals surface area (Å²) in [5.74, 6) is 0.894. The fourth-order valence-corrected chi connectivity index (χ4v) is 3.63. The highest BCUT2D eigenvalue weighted by Crippen LogP contribution is 2.27. The van der Waals surface area contributed by atoms with Crippen LogP contribution in [0.2, 0.25) is 0 Å². The molecular formula is C23H31N3O2. The number of nitrogens with one attached hydrogen (secondary N) is 1. The molecule has 1 heterocycles. The van der Waals surface area contributed by atoms with Gasteiger partial charge in [0.1, 0.15) is 11.9 Å². The maximum absolute atomic E-state index is 11.9. The van der Waals surface area contributed by atoms with Gasteiger partial charge in [-0.15, -0.1) is 0 Å². The van der Waals surface area contributed by atoms with Gasteiger partial charge in [0.15, 0.2) is 0 Å². The van der Waals surface area contributed by atoms with Gasteiger partial charge in [-0.3, -0.25) is 0 Å². The SMILES string of the molecule is CCNC(=O)N1CCC(Oc2ccc(-c3ccccc3CN(C)C)cc2)CC1. The van der Waals surface area contributed by atoms with Crippen LogP contribution in [-0.2, 0) is 6.54 Å². The minimum atomic E-state index is 0.0293. The number of carbonyl (C=O) groups excluding carboxylic acids is 1. The van der Waals surface area contributed by atoms with Crippen molar-refractivity contribution >= 4 is 6.03 Å². The minimum Gasteiger partial charge on any atom is -0.490 e. The number of hydrogen-bond acceptors (Lipinski definition) is 3. The molecule has 0 unspecified atom stereocenters. The van der Waals surface area contributed by atoms with Crippen LogP contribution in [0.5, 0.6) is 5.75 Å². The summed E-state index contributed by atoms with van der Waals surface area (Å²) >= 11 is 0. The summed E-state index contributed by atoms with van der Waals surface area (Å²) < 4.78 is 6.16. The van der Waals surface area contributed by atoms with Crippen molar-refractivity contribution in [3.63, 3.8) is 0 Å². The monoisotopic (exact) mass is 381 g/mol. The first-order valence-electron chi connectivity index (χ1n) is 10.1. The summed E-state index contributed by atoms with van der Waals surface area (Å²) in [6.07, 6.45) is 1.90. The number of ether oxygens (including phenoxy) is 1. The summed E-state index contributed by atoms with van der Waals surface area (Å²) in [4.78, 5) is 16.0. The molecule has 0 spiro atoms. The van der Waals surface area contributed by atoms with Crippen LogP contribution in [0.15, 0.2) is 48.5 Å². The van der Waals surface area contributed by atoms with Crippen LogP contribution in [0.4, 0.5) is 4.79 Å². The lowest BCUT2D eigenvalue weighted by Crippen LogP contribution is -2.46. The minimum absolute atomic E-state index is 0.0293. The molecule has 2 amide bonds. The predicted octanol–water partition coefficient (Wildman–Crippen LogP) is 3.99. The van der Waals surface area contributed by atoms with Gasteiger partial charge in [0.25, 0.3) is 0 Å². The van der Waals surface area contributed by atoms with E-state index in [1.165, 1.54) is 16.7 Å². The molecule has 2 aromatic rings. The van der Waals surface area contributed by atoms with Crippen molar-refractivity contribution in [3.05, 3.63) is 54.1 Å². The van der Waals surface area contributed by atoms with Gasteiger partial charge < -0.3 is 19.9 Å². The first kappa shape index (κ1) is 20.2. The van der Waals surface area contributed by atoms with Crippen molar-refractivity contribution in [3.8, 4) is 16.9 Å². The highest BCUT2D eigenvalue weighted by molar-refractivity contribution is 5.74. The first-order chi connectivity index (χ1) is 13.6. The Morgan fingerprint density at radius 2 is 1.79 bits per heavy atom. The van der Waals surface area contributed by atoms with Crippen molar-refractivity contribution in [1.29, 1.82) is 0 Å². The summed E-state index contributed by atoms with van der Waals surface area (Å²) in [6.45, 7) is 5.01. The number of urea groups is 1. The average molecular weight is 382 g/mol. The molecule has 0 aliphatic carbocycles. The molecule has 0 atom stereocenters. The van der Waals surface area contributed by atoms with Crippen molar-refractivity contribution in [1.82, 2.24) is 15.1 Å². The Balaban J connectivity index is 1.60. The molecule has 1 fully saturated rings. The molecule has 1 aliphatic heterocycles. The number of amides is 2. The van der Waals surface area contributed by atoms with Crippen LogP contribution >= 0.6 is 0 Å². The van der Waals surface area contributed by atoms with Crippen LogP contribution in [0.25, 0.3) is 11.1 Å². The van der Waals surface area contributed by atoms with E-state index in [1.807, 2.05) is 11.8 Å². The van der Waals surface area contributed by atoms with Crippen LogP contribution in [0, 0.1) is 0 Å². The van der Waals surface area contributed by atoms with Gasteiger partial charge in [0, 0.05) is 39.0 Å². The smallest absolute Gasteiger partial charge is 0.317 e. The van der Waals surface area contributed by atoms with Gasteiger partial charge in [0.05, 0.1) is 0 Å². The Bertz CT molecular complexity index is 766. The lowest BCUT2D eigenvalue weighted by Gasteiger charge is -2.32. The number of rotatable bonds is 6. The normalized spacial score (nSPS) is 14.9. The Hall–Kier alpha value is -2.53. The third-order valence-corrected chi connectivity index (χ3v) is 5.03. The second-order valence-electron chi connectivity index (χ2n) is 7.56. The zero-order chi connectivity index (χ0) is 19.9. The molecule has 1 saturated heterocycles. The number of piperidine rings is 1. The second kappa shape index (κ2) is 9.60. The van der Waals surface area contributed by atoms with E-state index in [9.17, 15) is 4.79 Å². The van der Waals surface area contributed by atoms with E-state index in [2.05, 4.69) is 72.8 Å². The van der Waals surface area contributed by atoms with Crippen molar-refractivity contribution in [2.45, 2.75) is 32.4 Å². The second-order valence-corrected chi connectivity index (χ2v) is 7.56. The van der Waals surface area contributed by atoms with Crippen LogP contribution in [-0.4, -0.2) is 55.7 Å². The van der Waals surface area contributed by atoms with Gasteiger partial charge in [-0.2, -0.15) is 0 Å². The quantitative estimate of drug-likeness (QED) is 0.823. The molecule has 28 heavy (non-hydrogen) atoms. The fourth-order valence-electron chi connectivity index (χ4n) is 3.63. The van der Waals surface area contributed by atoms with E-state index < -0.39 is 0 Å². The summed E-state index contributed by atoms with van der Waals surface area (Å²) in [5.41, 5.74) is 3.78. The number of likely N-dealkylation sites (tertiary alicyclic amines) is 1. The molecule has 0 radical (unpaired) electrons. The Morgan fingerprint density at radius 1 is 1.11 bits per heavy atom. The zero-order valence-electron chi connectivity index (χ0n) is 17.1. The maximum Gasteiger partial charge on any atom is 0.317 e. The Kier molecular flexibility index (Phi) is 6.93. The molecule has 5 nitrogen and oxygen atoms in total. The lowest BCUT2D eigenvalue weighted by molar-refractivity contribution is 0.111. The predicted molar refractivity (Wildman–Crippen MR) is 114 cm³/mol.